The number of fused-ring (bicyclic) bond motifs is 2. The summed E-state index contributed by atoms with van der Waals surface area (Å²) >= 11 is 0. The van der Waals surface area contributed by atoms with Gasteiger partial charge in [0.05, 0.1) is 11.1 Å². The van der Waals surface area contributed by atoms with Crippen molar-refractivity contribution in [1.82, 2.24) is 4.57 Å². The van der Waals surface area contributed by atoms with E-state index in [0.717, 1.165) is 12.8 Å². The van der Waals surface area contributed by atoms with Crippen LogP contribution in [0.4, 0.5) is 0 Å². The number of ketones is 2. The molecule has 26 heavy (non-hydrogen) atoms. The zero-order chi connectivity index (χ0) is 18.4. The number of benzene rings is 2. The average Bonchev–Trinajstić information content (AvgIpc) is 2.67. The predicted octanol–water partition coefficient (Wildman–Crippen LogP) is 4.12. The van der Waals surface area contributed by atoms with Crippen molar-refractivity contribution in [3.8, 4) is 11.1 Å². The molecule has 1 aromatic heterocycles. The zero-order valence-corrected chi connectivity index (χ0v) is 14.8. The molecular weight excluding hydrogens is 326 g/mol. The van der Waals surface area contributed by atoms with Crippen LogP contribution in [0.2, 0.25) is 0 Å². The van der Waals surface area contributed by atoms with Crippen LogP contribution >= 0.6 is 0 Å². The fourth-order valence-electron chi connectivity index (χ4n) is 3.82. The monoisotopic (exact) mass is 345 g/mol. The maximum atomic E-state index is 13.1. The molecule has 0 fully saturated rings. The van der Waals surface area contributed by atoms with Crippen molar-refractivity contribution < 1.29 is 9.59 Å². The van der Waals surface area contributed by atoms with Gasteiger partial charge in [0.1, 0.15) is 0 Å². The lowest BCUT2D eigenvalue weighted by Crippen LogP contribution is -2.28. The van der Waals surface area contributed by atoms with Crippen LogP contribution in [0.3, 0.4) is 0 Å². The van der Waals surface area contributed by atoms with Gasteiger partial charge in [-0.1, -0.05) is 49.7 Å². The first-order valence-electron chi connectivity index (χ1n) is 8.89. The standard InChI is InChI=1S/C22H19NO3/c1-3-4-12-17(24)20-19-13-8-5-6-9-14(13)21(25)15-10-7-11-16(18(15)19)23(2)22(20)26/h5-11H,3-4,12H2,1-2H3. The van der Waals surface area contributed by atoms with Crippen molar-refractivity contribution >= 4 is 22.5 Å². The molecule has 0 amide bonds. The Labute approximate surface area is 151 Å². The molecule has 1 aliphatic carbocycles. The van der Waals surface area contributed by atoms with Crippen LogP contribution in [0, 0.1) is 0 Å². The van der Waals surface area contributed by atoms with Gasteiger partial charge in [-0.15, -0.1) is 0 Å². The van der Waals surface area contributed by atoms with Crippen molar-refractivity contribution in [2.45, 2.75) is 26.2 Å². The minimum Gasteiger partial charge on any atom is -0.311 e. The van der Waals surface area contributed by atoms with Crippen molar-refractivity contribution in [1.29, 1.82) is 0 Å². The van der Waals surface area contributed by atoms with Gasteiger partial charge < -0.3 is 4.57 Å². The Hall–Kier alpha value is -3.01. The molecule has 0 saturated heterocycles. The van der Waals surface area contributed by atoms with Gasteiger partial charge in [-0.2, -0.15) is 0 Å². The van der Waals surface area contributed by atoms with Gasteiger partial charge in [-0.3, -0.25) is 14.4 Å². The zero-order valence-electron chi connectivity index (χ0n) is 14.8. The Morgan fingerprint density at radius 2 is 1.65 bits per heavy atom. The highest BCUT2D eigenvalue weighted by Gasteiger charge is 2.31. The number of carbonyl (C=O) groups excluding carboxylic acids is 2. The normalized spacial score (nSPS) is 12.3. The van der Waals surface area contributed by atoms with E-state index in [9.17, 15) is 14.4 Å². The Morgan fingerprint density at radius 1 is 0.962 bits per heavy atom. The van der Waals surface area contributed by atoms with E-state index in [0.29, 0.717) is 39.6 Å². The summed E-state index contributed by atoms with van der Waals surface area (Å²) in [5.41, 5.74) is 2.99. The van der Waals surface area contributed by atoms with Gasteiger partial charge in [0.25, 0.3) is 5.56 Å². The number of carbonyl (C=O) groups is 2. The number of aromatic nitrogens is 1. The molecule has 2 aromatic carbocycles. The number of hydrogen-bond acceptors (Lipinski definition) is 3. The van der Waals surface area contributed by atoms with E-state index in [1.165, 1.54) is 4.57 Å². The van der Waals surface area contributed by atoms with E-state index in [4.69, 9.17) is 0 Å². The van der Waals surface area contributed by atoms with Crippen LogP contribution in [0.5, 0.6) is 0 Å². The molecule has 3 aromatic rings. The summed E-state index contributed by atoms with van der Waals surface area (Å²) in [6.45, 7) is 2.02. The first kappa shape index (κ1) is 16.5. The molecule has 0 atom stereocenters. The van der Waals surface area contributed by atoms with Gasteiger partial charge in [0.15, 0.2) is 11.6 Å². The molecule has 1 aliphatic rings. The maximum Gasteiger partial charge on any atom is 0.262 e. The Balaban J connectivity index is 2.19. The van der Waals surface area contributed by atoms with Crippen LogP contribution < -0.4 is 5.56 Å². The molecule has 0 bridgehead atoms. The van der Waals surface area contributed by atoms with Crippen molar-refractivity contribution in [2.75, 3.05) is 0 Å². The SMILES string of the molecule is CCCCC(=O)c1c2c3c(cccc3n(C)c1=O)C(=O)c1ccccc1-2. The molecule has 0 saturated carbocycles. The second kappa shape index (κ2) is 6.06. The van der Waals surface area contributed by atoms with Crippen LogP contribution in [0.1, 0.15) is 52.5 Å². The predicted molar refractivity (Wildman–Crippen MR) is 102 cm³/mol. The lowest BCUT2D eigenvalue weighted by atomic mass is 9.81. The molecule has 4 rings (SSSR count). The minimum absolute atomic E-state index is 0.0655. The molecule has 4 heteroatoms. The van der Waals surface area contributed by atoms with E-state index in [1.54, 1.807) is 25.2 Å². The molecule has 0 unspecified atom stereocenters. The topological polar surface area (TPSA) is 56.1 Å². The number of Topliss-reactive ketones (excluding diaryl/α,β-unsaturated/α-hetero) is 1. The van der Waals surface area contributed by atoms with E-state index in [2.05, 4.69) is 0 Å². The third kappa shape index (κ3) is 2.18. The number of unbranched alkanes of at least 4 members (excludes halogenated alkanes) is 1. The van der Waals surface area contributed by atoms with Crippen molar-refractivity contribution in [3.63, 3.8) is 0 Å². The lowest BCUT2D eigenvalue weighted by Gasteiger charge is -2.23. The number of rotatable bonds is 4. The average molecular weight is 345 g/mol. The number of nitrogens with zero attached hydrogens (tertiary/aromatic N) is 1. The summed E-state index contributed by atoms with van der Waals surface area (Å²) in [4.78, 5) is 39.0. The van der Waals surface area contributed by atoms with Gasteiger partial charge >= 0.3 is 0 Å². The van der Waals surface area contributed by atoms with Crippen LogP contribution in [0.25, 0.3) is 22.0 Å². The van der Waals surface area contributed by atoms with Gasteiger partial charge in [0.2, 0.25) is 0 Å². The summed E-state index contributed by atoms with van der Waals surface area (Å²) in [6, 6.07) is 12.6. The number of hydrogen-bond donors (Lipinski definition) is 0. The molecule has 0 spiro atoms. The number of pyridine rings is 1. The van der Waals surface area contributed by atoms with E-state index >= 15 is 0 Å². The first-order chi connectivity index (χ1) is 12.6. The quantitative estimate of drug-likeness (QED) is 0.523. The smallest absolute Gasteiger partial charge is 0.262 e. The second-order valence-electron chi connectivity index (χ2n) is 6.72. The first-order valence-corrected chi connectivity index (χ1v) is 8.89. The maximum absolute atomic E-state index is 13.1. The number of aryl methyl sites for hydroxylation is 1. The second-order valence-corrected chi connectivity index (χ2v) is 6.72. The van der Waals surface area contributed by atoms with Crippen LogP contribution in [0.15, 0.2) is 47.3 Å². The molecular formula is C22H19NO3. The summed E-state index contributed by atoms with van der Waals surface area (Å²) in [7, 11) is 1.66. The van der Waals surface area contributed by atoms with Crippen molar-refractivity contribution in [2.24, 2.45) is 7.05 Å². The molecule has 1 heterocycles. The summed E-state index contributed by atoms with van der Waals surface area (Å²) in [5.74, 6) is -0.215. The molecule has 0 N–H and O–H groups in total. The Bertz CT molecular complexity index is 1140. The highest BCUT2D eigenvalue weighted by atomic mass is 16.1. The highest BCUT2D eigenvalue weighted by molar-refractivity contribution is 6.27. The largest absolute Gasteiger partial charge is 0.311 e. The fourth-order valence-corrected chi connectivity index (χ4v) is 3.82. The van der Waals surface area contributed by atoms with Gasteiger partial charge in [-0.05, 0) is 18.1 Å². The van der Waals surface area contributed by atoms with Crippen LogP contribution in [-0.2, 0) is 7.05 Å². The summed E-state index contributed by atoms with van der Waals surface area (Å²) in [6.07, 6.45) is 1.96. The summed E-state index contributed by atoms with van der Waals surface area (Å²) in [5, 5.41) is 0.707. The van der Waals surface area contributed by atoms with Gasteiger partial charge in [0, 0.05) is 35.5 Å². The van der Waals surface area contributed by atoms with Gasteiger partial charge in [-0.25, -0.2) is 0 Å². The van der Waals surface area contributed by atoms with E-state index in [-0.39, 0.29) is 22.7 Å². The minimum atomic E-state index is -0.296. The molecule has 130 valence electrons. The van der Waals surface area contributed by atoms with E-state index in [1.807, 2.05) is 31.2 Å². The third-order valence-corrected chi connectivity index (χ3v) is 5.14. The van der Waals surface area contributed by atoms with Crippen molar-refractivity contribution in [3.05, 3.63) is 69.5 Å². The molecule has 0 aliphatic heterocycles. The van der Waals surface area contributed by atoms with Crippen LogP contribution in [-0.4, -0.2) is 16.1 Å². The lowest BCUT2D eigenvalue weighted by molar-refractivity contribution is 0.0976. The molecule has 4 nitrogen and oxygen atoms in total. The van der Waals surface area contributed by atoms with E-state index < -0.39 is 0 Å². The molecule has 0 radical (unpaired) electrons. The Morgan fingerprint density at radius 3 is 2.38 bits per heavy atom. The third-order valence-electron chi connectivity index (χ3n) is 5.14. The Kier molecular flexibility index (Phi) is 3.83. The summed E-state index contributed by atoms with van der Waals surface area (Å²) < 4.78 is 1.49. The fraction of sp³-hybridized carbons (Fsp3) is 0.227. The highest BCUT2D eigenvalue weighted by Crippen LogP contribution is 2.40.